The van der Waals surface area contributed by atoms with E-state index in [1.807, 2.05) is 12.1 Å². The molecule has 0 saturated heterocycles. The van der Waals surface area contributed by atoms with Crippen LogP contribution in [0.2, 0.25) is 0 Å². The maximum absolute atomic E-state index is 7.73. The number of nitrogens with two attached hydrogens (primary N) is 1. The van der Waals surface area contributed by atoms with Crippen molar-refractivity contribution < 1.29 is 0 Å². The van der Waals surface area contributed by atoms with Gasteiger partial charge in [0.15, 0.2) is 5.84 Å². The Labute approximate surface area is 102 Å². The summed E-state index contributed by atoms with van der Waals surface area (Å²) in [4.78, 5) is 4.04. The van der Waals surface area contributed by atoms with Crippen LogP contribution in [0.3, 0.4) is 0 Å². The largest absolute Gasteiger partial charge is 0.383 e. The van der Waals surface area contributed by atoms with Gasteiger partial charge in [0.25, 0.3) is 0 Å². The molecule has 0 fully saturated rings. The summed E-state index contributed by atoms with van der Waals surface area (Å²) in [6, 6.07) is 6.03. The number of fused-ring (bicyclic) bond motifs is 1. The summed E-state index contributed by atoms with van der Waals surface area (Å²) < 4.78 is 0. The Morgan fingerprint density at radius 2 is 2.06 bits per heavy atom. The number of rotatable bonds is 5. The highest BCUT2D eigenvalue weighted by Crippen LogP contribution is 2.22. The van der Waals surface area contributed by atoms with Gasteiger partial charge in [0.05, 0.1) is 0 Å². The van der Waals surface area contributed by atoms with Crippen LogP contribution in [0.4, 0.5) is 0 Å². The van der Waals surface area contributed by atoms with Crippen molar-refractivity contribution in [3.8, 4) is 0 Å². The minimum atomic E-state index is 0.299. The molecule has 17 heavy (non-hydrogen) atoms. The Morgan fingerprint density at radius 1 is 1.24 bits per heavy atom. The van der Waals surface area contributed by atoms with Crippen molar-refractivity contribution in [2.24, 2.45) is 10.7 Å². The second kappa shape index (κ2) is 5.13. The first-order valence-electron chi connectivity index (χ1n) is 6.29. The maximum Gasteiger partial charge on any atom is 0.154 e. The number of nitrogens with zero attached hydrogens (tertiary/aromatic N) is 1. The summed E-state index contributed by atoms with van der Waals surface area (Å²) >= 11 is 0. The van der Waals surface area contributed by atoms with Crippen molar-refractivity contribution in [2.75, 3.05) is 0 Å². The molecule has 0 aromatic heterocycles. The lowest BCUT2D eigenvalue weighted by Gasteiger charge is -2.07. The van der Waals surface area contributed by atoms with Crippen LogP contribution in [0.5, 0.6) is 0 Å². The Hall–Kier alpha value is -1.64. The zero-order chi connectivity index (χ0) is 12.3. The fraction of sp³-hybridized carbons (Fsp3) is 0.429. The Morgan fingerprint density at radius 3 is 2.82 bits per heavy atom. The smallest absolute Gasteiger partial charge is 0.154 e. The van der Waals surface area contributed by atoms with E-state index in [0.29, 0.717) is 11.7 Å². The van der Waals surface area contributed by atoms with Crippen molar-refractivity contribution in [1.29, 1.82) is 5.41 Å². The van der Waals surface area contributed by atoms with Crippen LogP contribution in [0.1, 0.15) is 49.3 Å². The lowest BCUT2D eigenvalue weighted by atomic mass is 9.97. The van der Waals surface area contributed by atoms with Gasteiger partial charge >= 0.3 is 0 Å². The first-order chi connectivity index (χ1) is 8.24. The fourth-order valence-electron chi connectivity index (χ4n) is 2.29. The highest BCUT2D eigenvalue weighted by Gasteiger charge is 2.20. The number of amidine groups is 2. The molecule has 1 aliphatic heterocycles. The number of hydrogen-bond acceptors (Lipinski definition) is 2. The molecule has 1 heterocycles. The Kier molecular flexibility index (Phi) is 3.57. The molecule has 0 bridgehead atoms. The Bertz CT molecular complexity index is 461. The van der Waals surface area contributed by atoms with Crippen molar-refractivity contribution in [3.05, 3.63) is 34.9 Å². The average Bonchev–Trinajstić information content (AvgIpc) is 2.62. The molecule has 2 rings (SSSR count). The third kappa shape index (κ3) is 2.38. The minimum absolute atomic E-state index is 0.299. The molecule has 90 valence electrons. The summed E-state index contributed by atoms with van der Waals surface area (Å²) in [7, 11) is 0. The van der Waals surface area contributed by atoms with Gasteiger partial charge in [-0.3, -0.25) is 5.41 Å². The quantitative estimate of drug-likeness (QED) is 0.749. The van der Waals surface area contributed by atoms with E-state index in [0.717, 1.165) is 17.5 Å². The lowest BCUT2D eigenvalue weighted by Crippen LogP contribution is -2.13. The third-order valence-corrected chi connectivity index (χ3v) is 3.19. The molecular weight excluding hydrogens is 210 g/mol. The summed E-state index contributed by atoms with van der Waals surface area (Å²) in [5, 5.41) is 7.73. The molecule has 3 heteroatoms. The molecule has 0 saturated carbocycles. The predicted molar refractivity (Wildman–Crippen MR) is 71.8 cm³/mol. The molecule has 3 N–H and O–H groups in total. The molecule has 0 radical (unpaired) electrons. The van der Waals surface area contributed by atoms with Crippen molar-refractivity contribution in [1.82, 2.24) is 0 Å². The van der Waals surface area contributed by atoms with E-state index in [9.17, 15) is 0 Å². The summed E-state index contributed by atoms with van der Waals surface area (Å²) in [6.07, 6.45) is 6.02. The standard InChI is InChI=1S/C14H19N3/c1-2-3-4-5-7-10-8-6-9-11-12(10)14(16)17-13(11)15/h6,8-9H,2-5,7H2,1H3,(H3,15,16,17). The van der Waals surface area contributed by atoms with Crippen LogP contribution in [-0.4, -0.2) is 11.7 Å². The molecule has 1 aliphatic rings. The van der Waals surface area contributed by atoms with E-state index in [1.54, 1.807) is 0 Å². The number of aliphatic imine (C=N–C) groups is 1. The van der Waals surface area contributed by atoms with Gasteiger partial charge in [0, 0.05) is 11.1 Å². The van der Waals surface area contributed by atoms with Gasteiger partial charge in [0.2, 0.25) is 0 Å². The van der Waals surface area contributed by atoms with E-state index in [4.69, 9.17) is 11.1 Å². The van der Waals surface area contributed by atoms with Crippen LogP contribution in [0.25, 0.3) is 0 Å². The number of hydrogen-bond donors (Lipinski definition) is 2. The van der Waals surface area contributed by atoms with Gasteiger partial charge in [-0.05, 0) is 18.4 Å². The first-order valence-corrected chi connectivity index (χ1v) is 6.29. The molecule has 0 aliphatic carbocycles. The predicted octanol–water partition coefficient (Wildman–Crippen LogP) is 2.85. The third-order valence-electron chi connectivity index (χ3n) is 3.19. The van der Waals surface area contributed by atoms with Crippen LogP contribution in [0.15, 0.2) is 23.2 Å². The lowest BCUT2D eigenvalue weighted by molar-refractivity contribution is 0.666. The van der Waals surface area contributed by atoms with Gasteiger partial charge in [-0.15, -0.1) is 0 Å². The fourth-order valence-corrected chi connectivity index (χ4v) is 2.29. The normalized spacial score (nSPS) is 13.7. The molecular formula is C14H19N3. The average molecular weight is 229 g/mol. The van der Waals surface area contributed by atoms with Crippen LogP contribution in [0, 0.1) is 5.41 Å². The van der Waals surface area contributed by atoms with Crippen LogP contribution >= 0.6 is 0 Å². The van der Waals surface area contributed by atoms with Crippen LogP contribution < -0.4 is 5.73 Å². The van der Waals surface area contributed by atoms with Gasteiger partial charge in [-0.1, -0.05) is 44.4 Å². The van der Waals surface area contributed by atoms with E-state index < -0.39 is 0 Å². The van der Waals surface area contributed by atoms with Crippen molar-refractivity contribution in [2.45, 2.75) is 39.0 Å². The van der Waals surface area contributed by atoms with Gasteiger partial charge in [-0.25, -0.2) is 4.99 Å². The van der Waals surface area contributed by atoms with Crippen molar-refractivity contribution >= 4 is 11.7 Å². The zero-order valence-corrected chi connectivity index (χ0v) is 10.3. The monoisotopic (exact) mass is 229 g/mol. The Balaban J connectivity index is 2.14. The van der Waals surface area contributed by atoms with Gasteiger partial charge in [-0.2, -0.15) is 0 Å². The molecule has 3 nitrogen and oxygen atoms in total. The number of benzene rings is 1. The number of unbranched alkanes of at least 4 members (excludes halogenated alkanes) is 3. The molecule has 0 unspecified atom stereocenters. The summed E-state index contributed by atoms with van der Waals surface area (Å²) in [5.74, 6) is 0.809. The van der Waals surface area contributed by atoms with Crippen molar-refractivity contribution in [3.63, 3.8) is 0 Å². The van der Waals surface area contributed by atoms with Crippen LogP contribution in [-0.2, 0) is 6.42 Å². The molecule has 1 aromatic carbocycles. The van der Waals surface area contributed by atoms with Gasteiger partial charge in [0.1, 0.15) is 5.84 Å². The van der Waals surface area contributed by atoms with E-state index in [-0.39, 0.29) is 0 Å². The summed E-state index contributed by atoms with van der Waals surface area (Å²) in [5.41, 5.74) is 8.99. The highest BCUT2D eigenvalue weighted by molar-refractivity contribution is 6.21. The van der Waals surface area contributed by atoms with E-state index >= 15 is 0 Å². The maximum atomic E-state index is 7.73. The van der Waals surface area contributed by atoms with Gasteiger partial charge < -0.3 is 5.73 Å². The van der Waals surface area contributed by atoms with E-state index in [2.05, 4.69) is 18.0 Å². The first kappa shape index (κ1) is 11.8. The van der Waals surface area contributed by atoms with E-state index in [1.165, 1.54) is 31.2 Å². The molecule has 0 spiro atoms. The molecule has 0 atom stereocenters. The minimum Gasteiger partial charge on any atom is -0.383 e. The molecule has 0 amide bonds. The highest BCUT2D eigenvalue weighted by atomic mass is 14.9. The number of nitrogens with one attached hydrogen (secondary N) is 1. The second-order valence-electron chi connectivity index (χ2n) is 4.50. The summed E-state index contributed by atoms with van der Waals surface area (Å²) in [6.45, 7) is 2.21. The topological polar surface area (TPSA) is 62.2 Å². The second-order valence-corrected chi connectivity index (χ2v) is 4.50. The number of aryl methyl sites for hydroxylation is 1. The molecule has 1 aromatic rings. The SMILES string of the molecule is CCCCCCc1cccc2c1C(N)=NC2=N. The zero-order valence-electron chi connectivity index (χ0n) is 10.3.